The number of rotatable bonds is 10. The molecule has 0 saturated carbocycles. The van der Waals surface area contributed by atoms with Gasteiger partial charge in [0, 0.05) is 18.4 Å². The normalized spacial score (nSPS) is 12.4. The summed E-state index contributed by atoms with van der Waals surface area (Å²) in [6.45, 7) is 4.40. The van der Waals surface area contributed by atoms with Crippen LogP contribution in [0.15, 0.2) is 30.3 Å². The zero-order valence-corrected chi connectivity index (χ0v) is 16.3. The molecule has 0 bridgehead atoms. The first kappa shape index (κ1) is 22.0. The number of hydrogen-bond acceptors (Lipinski definition) is 3. The minimum Gasteiger partial charge on any atom is -0.300 e. The molecule has 0 unspecified atom stereocenters. The summed E-state index contributed by atoms with van der Waals surface area (Å²) in [5.41, 5.74) is 1.33. The molecule has 0 spiro atoms. The lowest BCUT2D eigenvalue weighted by atomic mass is 9.96. The molecular weight excluding hydrogens is 324 g/mol. The molecule has 0 fully saturated rings. The SMILES string of the molecule is CCCCCCC(=O)CCCCCC.O=C1C=Cc2ccccc2C1=O. The van der Waals surface area contributed by atoms with Crippen molar-refractivity contribution in [2.75, 3.05) is 0 Å². The number of carbonyl (C=O) groups excluding carboxylic acids is 3. The van der Waals surface area contributed by atoms with Crippen LogP contribution in [0, 0.1) is 0 Å². The molecule has 0 heterocycles. The summed E-state index contributed by atoms with van der Waals surface area (Å²) in [5, 5.41) is 0. The molecule has 0 aromatic heterocycles. The van der Waals surface area contributed by atoms with Crippen LogP contribution in [0.3, 0.4) is 0 Å². The van der Waals surface area contributed by atoms with Gasteiger partial charge in [0.2, 0.25) is 11.6 Å². The van der Waals surface area contributed by atoms with Gasteiger partial charge in [-0.25, -0.2) is 0 Å². The summed E-state index contributed by atoms with van der Waals surface area (Å²) in [6.07, 6.45) is 14.4. The van der Waals surface area contributed by atoms with Crippen molar-refractivity contribution in [1.82, 2.24) is 0 Å². The number of hydrogen-bond donors (Lipinski definition) is 0. The molecule has 0 radical (unpaired) electrons. The average Bonchev–Trinajstić information content (AvgIpc) is 2.66. The van der Waals surface area contributed by atoms with E-state index >= 15 is 0 Å². The van der Waals surface area contributed by atoms with Crippen molar-refractivity contribution in [3.05, 3.63) is 41.5 Å². The molecule has 1 aliphatic rings. The van der Waals surface area contributed by atoms with E-state index in [1.54, 1.807) is 18.2 Å². The van der Waals surface area contributed by atoms with E-state index in [4.69, 9.17) is 0 Å². The molecule has 3 heteroatoms. The second-order valence-corrected chi connectivity index (χ2v) is 6.77. The van der Waals surface area contributed by atoms with E-state index in [-0.39, 0.29) is 0 Å². The standard InChI is InChI=1S/C13H26O.C10H6O2/c1-3-5-7-9-11-13(14)12-10-8-6-4-2;11-9-6-5-7-3-1-2-4-8(7)10(9)12/h3-12H2,1-2H3;1-6H. The Morgan fingerprint density at radius 3 is 1.92 bits per heavy atom. The van der Waals surface area contributed by atoms with Crippen molar-refractivity contribution >= 4 is 23.4 Å². The van der Waals surface area contributed by atoms with Gasteiger partial charge in [0.05, 0.1) is 0 Å². The first-order chi connectivity index (χ1) is 12.6. The van der Waals surface area contributed by atoms with Crippen LogP contribution in [0.2, 0.25) is 0 Å². The van der Waals surface area contributed by atoms with Crippen LogP contribution in [0.1, 0.15) is 94.0 Å². The number of allylic oxidation sites excluding steroid dienone is 1. The first-order valence-electron chi connectivity index (χ1n) is 9.97. The van der Waals surface area contributed by atoms with Gasteiger partial charge in [-0.2, -0.15) is 0 Å². The summed E-state index contributed by atoms with van der Waals surface area (Å²) in [4.78, 5) is 33.5. The van der Waals surface area contributed by atoms with Gasteiger partial charge in [-0.1, -0.05) is 82.7 Å². The minimum atomic E-state index is -0.436. The Morgan fingerprint density at radius 1 is 0.769 bits per heavy atom. The second-order valence-electron chi connectivity index (χ2n) is 6.77. The Labute approximate surface area is 157 Å². The van der Waals surface area contributed by atoms with Crippen molar-refractivity contribution < 1.29 is 14.4 Å². The topological polar surface area (TPSA) is 51.2 Å². The highest BCUT2D eigenvalue weighted by molar-refractivity contribution is 6.49. The molecule has 3 nitrogen and oxygen atoms in total. The Kier molecular flexibility index (Phi) is 11.2. The van der Waals surface area contributed by atoms with Gasteiger partial charge < -0.3 is 0 Å². The third kappa shape index (κ3) is 8.37. The maximum Gasteiger partial charge on any atom is 0.233 e. The Morgan fingerprint density at radius 2 is 1.35 bits per heavy atom. The number of carbonyl (C=O) groups is 3. The van der Waals surface area contributed by atoms with Crippen LogP contribution in [0.25, 0.3) is 6.08 Å². The summed E-state index contributed by atoms with van der Waals surface area (Å²) in [5.74, 6) is -0.362. The van der Waals surface area contributed by atoms with Crippen molar-refractivity contribution in [2.45, 2.75) is 78.1 Å². The highest BCUT2D eigenvalue weighted by Crippen LogP contribution is 2.16. The van der Waals surface area contributed by atoms with Gasteiger partial charge in [-0.15, -0.1) is 0 Å². The summed E-state index contributed by atoms with van der Waals surface area (Å²) < 4.78 is 0. The quantitative estimate of drug-likeness (QED) is 0.384. The van der Waals surface area contributed by atoms with Gasteiger partial charge in [0.15, 0.2) is 0 Å². The zero-order valence-electron chi connectivity index (χ0n) is 16.3. The molecule has 26 heavy (non-hydrogen) atoms. The molecule has 0 amide bonds. The lowest BCUT2D eigenvalue weighted by molar-refractivity contribution is -0.119. The van der Waals surface area contributed by atoms with Crippen LogP contribution >= 0.6 is 0 Å². The lowest BCUT2D eigenvalue weighted by Crippen LogP contribution is -2.15. The van der Waals surface area contributed by atoms with Gasteiger partial charge in [0.25, 0.3) is 0 Å². The van der Waals surface area contributed by atoms with Crippen LogP contribution in [-0.4, -0.2) is 17.3 Å². The average molecular weight is 357 g/mol. The lowest BCUT2D eigenvalue weighted by Gasteiger charge is -2.06. The first-order valence-corrected chi connectivity index (χ1v) is 9.97. The van der Waals surface area contributed by atoms with E-state index in [2.05, 4.69) is 13.8 Å². The number of ketones is 3. The maximum atomic E-state index is 11.4. The van der Waals surface area contributed by atoms with Crippen LogP contribution in [-0.2, 0) is 9.59 Å². The van der Waals surface area contributed by atoms with E-state index in [9.17, 15) is 14.4 Å². The van der Waals surface area contributed by atoms with Gasteiger partial charge in [0.1, 0.15) is 5.78 Å². The monoisotopic (exact) mass is 356 g/mol. The Hall–Kier alpha value is -2.03. The fraction of sp³-hybridized carbons (Fsp3) is 0.522. The van der Waals surface area contributed by atoms with Crippen LogP contribution in [0.5, 0.6) is 0 Å². The number of fused-ring (bicyclic) bond motifs is 1. The predicted molar refractivity (Wildman–Crippen MR) is 107 cm³/mol. The second kappa shape index (κ2) is 13.2. The number of unbranched alkanes of at least 4 members (excludes halogenated alkanes) is 6. The molecule has 1 aromatic carbocycles. The van der Waals surface area contributed by atoms with Gasteiger partial charge in [-0.3, -0.25) is 14.4 Å². The van der Waals surface area contributed by atoms with E-state index in [0.717, 1.165) is 31.2 Å². The fourth-order valence-electron chi connectivity index (χ4n) is 2.85. The summed E-state index contributed by atoms with van der Waals surface area (Å²) in [6, 6.07) is 7.07. The molecule has 0 atom stereocenters. The largest absolute Gasteiger partial charge is 0.300 e. The number of benzene rings is 1. The number of Topliss-reactive ketones (excluding diaryl/α,β-unsaturated/α-hetero) is 2. The smallest absolute Gasteiger partial charge is 0.233 e. The zero-order chi connectivity index (χ0) is 19.2. The van der Waals surface area contributed by atoms with Gasteiger partial charge in [-0.05, 0) is 24.5 Å². The van der Waals surface area contributed by atoms with Crippen molar-refractivity contribution in [2.24, 2.45) is 0 Å². The maximum absolute atomic E-state index is 11.4. The molecule has 1 aromatic rings. The summed E-state index contributed by atoms with van der Waals surface area (Å²) in [7, 11) is 0. The van der Waals surface area contributed by atoms with E-state index in [1.807, 2.05) is 12.1 Å². The highest BCUT2D eigenvalue weighted by atomic mass is 16.2. The van der Waals surface area contributed by atoms with E-state index < -0.39 is 11.6 Å². The molecule has 2 rings (SSSR count). The van der Waals surface area contributed by atoms with Gasteiger partial charge >= 0.3 is 0 Å². The third-order valence-corrected chi connectivity index (χ3v) is 4.46. The van der Waals surface area contributed by atoms with E-state index in [0.29, 0.717) is 11.3 Å². The Bertz CT molecular complexity index is 600. The summed E-state index contributed by atoms with van der Waals surface area (Å²) >= 11 is 0. The van der Waals surface area contributed by atoms with Crippen molar-refractivity contribution in [3.63, 3.8) is 0 Å². The van der Waals surface area contributed by atoms with Crippen LogP contribution < -0.4 is 0 Å². The van der Waals surface area contributed by atoms with Crippen LogP contribution in [0.4, 0.5) is 0 Å². The van der Waals surface area contributed by atoms with Crippen molar-refractivity contribution in [1.29, 1.82) is 0 Å². The molecule has 0 aliphatic heterocycles. The third-order valence-electron chi connectivity index (χ3n) is 4.46. The molecular formula is C23H32O3. The predicted octanol–water partition coefficient (Wildman–Crippen LogP) is 5.96. The highest BCUT2D eigenvalue weighted by Gasteiger charge is 2.19. The van der Waals surface area contributed by atoms with E-state index in [1.165, 1.54) is 44.6 Å². The molecule has 0 saturated heterocycles. The molecule has 142 valence electrons. The molecule has 1 aliphatic carbocycles. The van der Waals surface area contributed by atoms with Crippen molar-refractivity contribution in [3.8, 4) is 0 Å². The Balaban J connectivity index is 0.000000262. The molecule has 0 N–H and O–H groups in total. The fourth-order valence-corrected chi connectivity index (χ4v) is 2.85. The minimum absolute atomic E-state index is 0.409.